The number of aromatic nitrogens is 2. The molecule has 0 amide bonds. The summed E-state index contributed by atoms with van der Waals surface area (Å²) in [6.45, 7) is 5.36. The predicted octanol–water partition coefficient (Wildman–Crippen LogP) is 1.88. The minimum atomic E-state index is 0.359. The quantitative estimate of drug-likeness (QED) is 0.802. The van der Waals surface area contributed by atoms with E-state index in [1.165, 1.54) is 17.7 Å². The molecule has 0 saturated carbocycles. The van der Waals surface area contributed by atoms with Crippen LogP contribution in [0.5, 0.6) is 0 Å². The summed E-state index contributed by atoms with van der Waals surface area (Å²) in [6, 6.07) is 0. The molecule has 3 heteroatoms. The molecular formula is C12H19N3. The molecule has 0 fully saturated rings. The summed E-state index contributed by atoms with van der Waals surface area (Å²) in [5.41, 5.74) is 8.56. The second kappa shape index (κ2) is 3.89. The topological polar surface area (TPSA) is 51.8 Å². The number of nitrogens with zero attached hydrogens (tertiary/aromatic N) is 2. The van der Waals surface area contributed by atoms with Gasteiger partial charge in [-0.1, -0.05) is 13.8 Å². The first-order chi connectivity index (χ1) is 7.12. The summed E-state index contributed by atoms with van der Waals surface area (Å²) >= 11 is 0. The molecule has 1 aliphatic carbocycles. The lowest BCUT2D eigenvalue weighted by atomic mass is 9.70. The van der Waals surface area contributed by atoms with E-state index in [1.807, 2.05) is 6.20 Å². The van der Waals surface area contributed by atoms with Crippen molar-refractivity contribution in [3.63, 3.8) is 0 Å². The molecule has 0 saturated heterocycles. The Morgan fingerprint density at radius 2 is 2.33 bits per heavy atom. The number of rotatable bonds is 2. The third-order valence-corrected chi connectivity index (χ3v) is 3.19. The van der Waals surface area contributed by atoms with Gasteiger partial charge in [0, 0.05) is 12.1 Å². The molecule has 0 aliphatic heterocycles. The third kappa shape index (κ3) is 2.17. The Morgan fingerprint density at radius 1 is 1.53 bits per heavy atom. The Bertz CT molecular complexity index is 346. The van der Waals surface area contributed by atoms with E-state index in [1.54, 1.807) is 6.33 Å². The highest BCUT2D eigenvalue weighted by molar-refractivity contribution is 5.25. The van der Waals surface area contributed by atoms with Gasteiger partial charge in [0.2, 0.25) is 0 Å². The molecule has 3 nitrogen and oxygen atoms in total. The van der Waals surface area contributed by atoms with E-state index in [2.05, 4.69) is 23.8 Å². The van der Waals surface area contributed by atoms with E-state index in [9.17, 15) is 0 Å². The smallest absolute Gasteiger partial charge is 0.115 e. The Balaban J connectivity index is 2.34. The van der Waals surface area contributed by atoms with E-state index in [0.717, 1.165) is 19.4 Å². The molecule has 2 rings (SSSR count). The van der Waals surface area contributed by atoms with Gasteiger partial charge < -0.3 is 5.73 Å². The van der Waals surface area contributed by atoms with Gasteiger partial charge in [-0.25, -0.2) is 9.97 Å². The Hall–Kier alpha value is -0.960. The molecule has 1 aromatic heterocycles. The zero-order chi connectivity index (χ0) is 10.9. The largest absolute Gasteiger partial charge is 0.330 e. The SMILES string of the molecule is CC1(C)Cc2cncnc2C(CCN)C1. The highest BCUT2D eigenvalue weighted by Gasteiger charge is 2.32. The van der Waals surface area contributed by atoms with E-state index in [-0.39, 0.29) is 0 Å². The van der Waals surface area contributed by atoms with E-state index < -0.39 is 0 Å². The predicted molar refractivity (Wildman–Crippen MR) is 60.5 cm³/mol. The van der Waals surface area contributed by atoms with Gasteiger partial charge in [0.05, 0.1) is 5.69 Å². The summed E-state index contributed by atoms with van der Waals surface area (Å²) in [6.07, 6.45) is 6.93. The molecule has 15 heavy (non-hydrogen) atoms. The lowest BCUT2D eigenvalue weighted by Gasteiger charge is -2.35. The number of hydrogen-bond donors (Lipinski definition) is 1. The lowest BCUT2D eigenvalue weighted by molar-refractivity contribution is 0.270. The van der Waals surface area contributed by atoms with Crippen LogP contribution in [0, 0.1) is 5.41 Å². The van der Waals surface area contributed by atoms with Gasteiger partial charge in [-0.2, -0.15) is 0 Å². The average molecular weight is 205 g/mol. The maximum Gasteiger partial charge on any atom is 0.115 e. The minimum Gasteiger partial charge on any atom is -0.330 e. The van der Waals surface area contributed by atoms with Crippen LogP contribution < -0.4 is 5.73 Å². The van der Waals surface area contributed by atoms with Gasteiger partial charge in [0.1, 0.15) is 6.33 Å². The maximum atomic E-state index is 5.66. The molecule has 0 radical (unpaired) electrons. The van der Waals surface area contributed by atoms with Crippen molar-refractivity contribution in [1.82, 2.24) is 9.97 Å². The minimum absolute atomic E-state index is 0.359. The van der Waals surface area contributed by atoms with Gasteiger partial charge in [0.25, 0.3) is 0 Å². The zero-order valence-electron chi connectivity index (χ0n) is 9.53. The van der Waals surface area contributed by atoms with Crippen molar-refractivity contribution in [2.24, 2.45) is 11.1 Å². The molecule has 1 unspecified atom stereocenters. The average Bonchev–Trinajstić information content (AvgIpc) is 2.16. The van der Waals surface area contributed by atoms with Crippen molar-refractivity contribution in [1.29, 1.82) is 0 Å². The Kier molecular flexibility index (Phi) is 2.74. The zero-order valence-corrected chi connectivity index (χ0v) is 9.53. The lowest BCUT2D eigenvalue weighted by Crippen LogP contribution is -2.27. The van der Waals surface area contributed by atoms with E-state index >= 15 is 0 Å². The van der Waals surface area contributed by atoms with Crippen LogP contribution in [0.2, 0.25) is 0 Å². The van der Waals surface area contributed by atoms with Crippen molar-refractivity contribution < 1.29 is 0 Å². The molecule has 2 N–H and O–H groups in total. The van der Waals surface area contributed by atoms with Crippen LogP contribution in [0.4, 0.5) is 0 Å². The second-order valence-electron chi connectivity index (χ2n) is 5.25. The van der Waals surface area contributed by atoms with Crippen LogP contribution in [-0.4, -0.2) is 16.5 Å². The first-order valence-corrected chi connectivity index (χ1v) is 5.61. The maximum absolute atomic E-state index is 5.66. The fourth-order valence-corrected chi connectivity index (χ4v) is 2.66. The van der Waals surface area contributed by atoms with Crippen molar-refractivity contribution in [2.45, 2.75) is 39.0 Å². The first kappa shape index (κ1) is 10.6. The van der Waals surface area contributed by atoms with Crippen molar-refractivity contribution in [3.05, 3.63) is 23.8 Å². The van der Waals surface area contributed by atoms with Crippen LogP contribution >= 0.6 is 0 Å². The molecule has 1 atom stereocenters. The summed E-state index contributed by atoms with van der Waals surface area (Å²) in [7, 11) is 0. The van der Waals surface area contributed by atoms with E-state index in [0.29, 0.717) is 11.3 Å². The first-order valence-electron chi connectivity index (χ1n) is 5.61. The van der Waals surface area contributed by atoms with Gasteiger partial charge in [-0.3, -0.25) is 0 Å². The van der Waals surface area contributed by atoms with Crippen LogP contribution in [0.15, 0.2) is 12.5 Å². The van der Waals surface area contributed by atoms with Gasteiger partial charge in [0.15, 0.2) is 0 Å². The van der Waals surface area contributed by atoms with E-state index in [4.69, 9.17) is 5.73 Å². The van der Waals surface area contributed by atoms with Crippen LogP contribution in [0.1, 0.15) is 43.9 Å². The molecule has 1 aliphatic rings. The fraction of sp³-hybridized carbons (Fsp3) is 0.667. The Morgan fingerprint density at radius 3 is 3.07 bits per heavy atom. The van der Waals surface area contributed by atoms with Crippen LogP contribution in [0.3, 0.4) is 0 Å². The normalized spacial score (nSPS) is 23.5. The summed E-state index contributed by atoms with van der Waals surface area (Å²) in [4.78, 5) is 8.53. The van der Waals surface area contributed by atoms with Crippen LogP contribution in [0.25, 0.3) is 0 Å². The van der Waals surface area contributed by atoms with Crippen molar-refractivity contribution in [3.8, 4) is 0 Å². The molecular weight excluding hydrogens is 186 g/mol. The molecule has 1 aromatic rings. The number of nitrogens with two attached hydrogens (primary N) is 1. The number of fused-ring (bicyclic) bond motifs is 1. The van der Waals surface area contributed by atoms with Gasteiger partial charge in [-0.15, -0.1) is 0 Å². The summed E-state index contributed by atoms with van der Waals surface area (Å²) < 4.78 is 0. The summed E-state index contributed by atoms with van der Waals surface area (Å²) in [5.74, 6) is 0.525. The monoisotopic (exact) mass is 205 g/mol. The molecule has 0 bridgehead atoms. The van der Waals surface area contributed by atoms with Crippen LogP contribution in [-0.2, 0) is 6.42 Å². The molecule has 0 spiro atoms. The van der Waals surface area contributed by atoms with Gasteiger partial charge in [-0.05, 0) is 36.8 Å². The Labute approximate surface area is 91.1 Å². The molecule has 1 heterocycles. The fourth-order valence-electron chi connectivity index (χ4n) is 2.66. The molecule has 0 aromatic carbocycles. The summed E-state index contributed by atoms with van der Waals surface area (Å²) in [5, 5.41) is 0. The highest BCUT2D eigenvalue weighted by Crippen LogP contribution is 2.41. The molecule has 82 valence electrons. The third-order valence-electron chi connectivity index (χ3n) is 3.19. The van der Waals surface area contributed by atoms with Crippen molar-refractivity contribution >= 4 is 0 Å². The van der Waals surface area contributed by atoms with Gasteiger partial charge >= 0.3 is 0 Å². The standard InChI is InChI=1S/C12H19N3/c1-12(2)5-9(3-4-13)11-10(6-12)7-14-8-15-11/h7-9H,3-6,13H2,1-2H3. The number of hydrogen-bond acceptors (Lipinski definition) is 3. The second-order valence-corrected chi connectivity index (χ2v) is 5.25. The highest BCUT2D eigenvalue weighted by atomic mass is 14.8. The van der Waals surface area contributed by atoms with Crippen molar-refractivity contribution in [2.75, 3.05) is 6.54 Å².